The lowest BCUT2D eigenvalue weighted by atomic mass is 9.96. The van der Waals surface area contributed by atoms with Crippen LogP contribution in [0.1, 0.15) is 13.8 Å². The molecule has 1 saturated heterocycles. The van der Waals surface area contributed by atoms with Gasteiger partial charge >= 0.3 is 0 Å². The van der Waals surface area contributed by atoms with E-state index in [2.05, 4.69) is 5.32 Å². The summed E-state index contributed by atoms with van der Waals surface area (Å²) in [4.78, 5) is 1.69. The Hall–Kier alpha value is -0.350. The first-order valence-corrected chi connectivity index (χ1v) is 4.11. The van der Waals surface area contributed by atoms with E-state index < -0.39 is 5.72 Å². The van der Waals surface area contributed by atoms with Gasteiger partial charge in [0.05, 0.1) is 0 Å². The predicted octanol–water partition coefficient (Wildman–Crippen LogP) is 0.151. The highest BCUT2D eigenvalue weighted by molar-refractivity contribution is 7.80. The van der Waals surface area contributed by atoms with Gasteiger partial charge in [0.2, 0.25) is 0 Å². The summed E-state index contributed by atoms with van der Waals surface area (Å²) in [5.41, 5.74) is -0.803. The van der Waals surface area contributed by atoms with Gasteiger partial charge in [0, 0.05) is 19.5 Å². The number of thiocarbonyl (C=S) groups is 1. The molecule has 2 unspecified atom stereocenters. The largest absolute Gasteiger partial charge is 0.371 e. The number of aliphatic hydroxyl groups is 1. The second kappa shape index (κ2) is 2.60. The SMILES string of the molecule is CC1CNC(=S)N(C)C1(C)O. The molecule has 2 atom stereocenters. The third kappa shape index (κ3) is 1.32. The molecule has 0 aromatic carbocycles. The lowest BCUT2D eigenvalue weighted by Crippen LogP contribution is -2.62. The van der Waals surface area contributed by atoms with E-state index in [1.54, 1.807) is 18.9 Å². The van der Waals surface area contributed by atoms with Crippen LogP contribution in [0.3, 0.4) is 0 Å². The Bertz CT molecular complexity index is 181. The van der Waals surface area contributed by atoms with Crippen molar-refractivity contribution in [1.29, 1.82) is 0 Å². The number of rotatable bonds is 0. The van der Waals surface area contributed by atoms with Gasteiger partial charge in [-0.15, -0.1) is 0 Å². The summed E-state index contributed by atoms with van der Waals surface area (Å²) in [5, 5.41) is 13.5. The lowest BCUT2D eigenvalue weighted by Gasteiger charge is -2.44. The molecule has 0 spiro atoms. The van der Waals surface area contributed by atoms with Crippen molar-refractivity contribution in [3.05, 3.63) is 0 Å². The first-order valence-electron chi connectivity index (χ1n) is 3.70. The summed E-state index contributed by atoms with van der Waals surface area (Å²) in [6, 6.07) is 0. The van der Waals surface area contributed by atoms with Crippen molar-refractivity contribution in [2.75, 3.05) is 13.6 Å². The number of hydrogen-bond donors (Lipinski definition) is 2. The molecule has 0 radical (unpaired) electrons. The summed E-state index contributed by atoms with van der Waals surface area (Å²) in [6.45, 7) is 4.52. The zero-order valence-corrected chi connectivity index (χ0v) is 7.90. The van der Waals surface area contributed by atoms with Gasteiger partial charge in [0.1, 0.15) is 5.72 Å². The van der Waals surface area contributed by atoms with Crippen LogP contribution in [-0.4, -0.2) is 34.4 Å². The molecule has 11 heavy (non-hydrogen) atoms. The van der Waals surface area contributed by atoms with Gasteiger partial charge in [-0.1, -0.05) is 6.92 Å². The zero-order chi connectivity index (χ0) is 8.65. The molecule has 2 N–H and O–H groups in total. The van der Waals surface area contributed by atoms with Gasteiger partial charge < -0.3 is 15.3 Å². The third-order valence-electron chi connectivity index (χ3n) is 2.48. The molecule has 0 bridgehead atoms. The lowest BCUT2D eigenvalue weighted by molar-refractivity contribution is -0.0933. The smallest absolute Gasteiger partial charge is 0.170 e. The van der Waals surface area contributed by atoms with Gasteiger partial charge in [0.15, 0.2) is 5.11 Å². The molecule has 64 valence electrons. The minimum absolute atomic E-state index is 0.194. The van der Waals surface area contributed by atoms with Crippen LogP contribution in [0.2, 0.25) is 0 Å². The average Bonchev–Trinajstić information content (AvgIpc) is 1.95. The van der Waals surface area contributed by atoms with E-state index in [1.807, 2.05) is 6.92 Å². The van der Waals surface area contributed by atoms with Crippen molar-refractivity contribution in [3.63, 3.8) is 0 Å². The minimum Gasteiger partial charge on any atom is -0.371 e. The summed E-state index contributed by atoms with van der Waals surface area (Å²) in [5.74, 6) is 0.194. The van der Waals surface area contributed by atoms with Crippen LogP contribution in [0, 0.1) is 5.92 Å². The topological polar surface area (TPSA) is 35.5 Å². The van der Waals surface area contributed by atoms with E-state index in [-0.39, 0.29) is 5.92 Å². The Morgan fingerprint density at radius 2 is 2.36 bits per heavy atom. The second-order valence-electron chi connectivity index (χ2n) is 3.24. The maximum absolute atomic E-state index is 9.88. The maximum Gasteiger partial charge on any atom is 0.170 e. The van der Waals surface area contributed by atoms with E-state index in [9.17, 15) is 5.11 Å². The zero-order valence-electron chi connectivity index (χ0n) is 7.09. The van der Waals surface area contributed by atoms with E-state index >= 15 is 0 Å². The van der Waals surface area contributed by atoms with Gasteiger partial charge in [-0.3, -0.25) is 0 Å². The molecule has 1 aliphatic heterocycles. The maximum atomic E-state index is 9.88. The van der Waals surface area contributed by atoms with E-state index in [0.29, 0.717) is 5.11 Å². The van der Waals surface area contributed by atoms with Crippen LogP contribution in [-0.2, 0) is 0 Å². The van der Waals surface area contributed by atoms with Crippen LogP contribution in [0.4, 0.5) is 0 Å². The van der Waals surface area contributed by atoms with Gasteiger partial charge in [-0.25, -0.2) is 0 Å². The summed E-state index contributed by atoms with van der Waals surface area (Å²) >= 11 is 4.99. The molecule has 0 aromatic heterocycles. The summed E-state index contributed by atoms with van der Waals surface area (Å²) < 4.78 is 0. The van der Waals surface area contributed by atoms with Crippen molar-refractivity contribution in [2.24, 2.45) is 5.92 Å². The Balaban J connectivity index is 2.80. The Kier molecular flexibility index (Phi) is 2.07. The van der Waals surface area contributed by atoms with Crippen molar-refractivity contribution in [1.82, 2.24) is 10.2 Å². The molecule has 0 aliphatic carbocycles. The highest BCUT2D eigenvalue weighted by Gasteiger charge is 2.37. The van der Waals surface area contributed by atoms with Crippen molar-refractivity contribution >= 4 is 17.3 Å². The number of hydrogen-bond acceptors (Lipinski definition) is 2. The third-order valence-corrected chi connectivity index (χ3v) is 2.89. The fourth-order valence-electron chi connectivity index (χ4n) is 1.09. The monoisotopic (exact) mass is 174 g/mol. The predicted molar refractivity (Wildman–Crippen MR) is 48.2 cm³/mol. The van der Waals surface area contributed by atoms with Crippen LogP contribution in [0.25, 0.3) is 0 Å². The summed E-state index contributed by atoms with van der Waals surface area (Å²) in [7, 11) is 1.80. The summed E-state index contributed by atoms with van der Waals surface area (Å²) in [6.07, 6.45) is 0. The van der Waals surface area contributed by atoms with Gasteiger partial charge in [-0.2, -0.15) is 0 Å². The molecular weight excluding hydrogens is 160 g/mol. The van der Waals surface area contributed by atoms with Crippen LogP contribution in [0.5, 0.6) is 0 Å². The standard InChI is InChI=1S/C7H14N2OS/c1-5-4-8-6(11)9(3)7(5,2)10/h5,10H,4H2,1-3H3,(H,8,11). The van der Waals surface area contributed by atoms with E-state index in [0.717, 1.165) is 6.54 Å². The van der Waals surface area contributed by atoms with Crippen molar-refractivity contribution in [2.45, 2.75) is 19.6 Å². The minimum atomic E-state index is -0.803. The Morgan fingerprint density at radius 1 is 1.82 bits per heavy atom. The fourth-order valence-corrected chi connectivity index (χ4v) is 1.36. The molecular formula is C7H14N2OS. The van der Waals surface area contributed by atoms with Crippen molar-refractivity contribution < 1.29 is 5.11 Å². The second-order valence-corrected chi connectivity index (χ2v) is 3.63. The molecule has 3 nitrogen and oxygen atoms in total. The quantitative estimate of drug-likeness (QED) is 0.512. The first kappa shape index (κ1) is 8.74. The molecule has 1 rings (SSSR count). The Labute approximate surface area is 72.4 Å². The molecule has 0 saturated carbocycles. The Morgan fingerprint density at radius 3 is 2.82 bits per heavy atom. The van der Waals surface area contributed by atoms with Crippen molar-refractivity contribution in [3.8, 4) is 0 Å². The average molecular weight is 174 g/mol. The van der Waals surface area contributed by atoms with Gasteiger partial charge in [0.25, 0.3) is 0 Å². The van der Waals surface area contributed by atoms with Crippen LogP contribution in [0.15, 0.2) is 0 Å². The van der Waals surface area contributed by atoms with Crippen LogP contribution >= 0.6 is 12.2 Å². The first-order chi connectivity index (χ1) is 4.96. The number of nitrogens with zero attached hydrogens (tertiary/aromatic N) is 1. The highest BCUT2D eigenvalue weighted by atomic mass is 32.1. The molecule has 1 heterocycles. The van der Waals surface area contributed by atoms with Crippen LogP contribution < -0.4 is 5.32 Å². The normalized spacial score (nSPS) is 38.7. The molecule has 1 aliphatic rings. The molecule has 0 amide bonds. The molecule has 1 fully saturated rings. The van der Waals surface area contributed by atoms with E-state index in [1.165, 1.54) is 0 Å². The van der Waals surface area contributed by atoms with Gasteiger partial charge in [-0.05, 0) is 19.1 Å². The molecule has 4 heteroatoms. The molecule has 0 aromatic rings. The fraction of sp³-hybridized carbons (Fsp3) is 0.857. The number of nitrogens with one attached hydrogen (secondary N) is 1. The highest BCUT2D eigenvalue weighted by Crippen LogP contribution is 2.23. The van der Waals surface area contributed by atoms with E-state index in [4.69, 9.17) is 12.2 Å².